The summed E-state index contributed by atoms with van der Waals surface area (Å²) >= 11 is 1.71. The van der Waals surface area contributed by atoms with Gasteiger partial charge in [-0.1, -0.05) is 0 Å². The molecular formula is C15H22N2OS. The van der Waals surface area contributed by atoms with Crippen molar-refractivity contribution in [2.75, 3.05) is 13.1 Å². The van der Waals surface area contributed by atoms with Gasteiger partial charge in [0.25, 0.3) is 0 Å². The highest BCUT2D eigenvalue weighted by Gasteiger charge is 2.32. The maximum Gasteiger partial charge on any atom is 0.223 e. The van der Waals surface area contributed by atoms with Crippen molar-refractivity contribution in [2.45, 2.75) is 44.7 Å². The molecule has 0 spiro atoms. The lowest BCUT2D eigenvalue weighted by atomic mass is 10.0. The maximum absolute atomic E-state index is 12.4. The molecule has 1 aliphatic heterocycles. The van der Waals surface area contributed by atoms with Gasteiger partial charge in [0.1, 0.15) is 0 Å². The number of carbonyl (C=O) groups excluding carboxylic acids is 1. The van der Waals surface area contributed by atoms with Gasteiger partial charge in [0.05, 0.1) is 0 Å². The number of thiophene rings is 1. The molecule has 1 aromatic heterocycles. The van der Waals surface area contributed by atoms with Gasteiger partial charge in [-0.25, -0.2) is 0 Å². The molecule has 1 atom stereocenters. The van der Waals surface area contributed by atoms with E-state index in [0.29, 0.717) is 17.9 Å². The first-order chi connectivity index (χ1) is 9.33. The minimum absolute atomic E-state index is 0.362. The maximum atomic E-state index is 12.4. The molecule has 0 radical (unpaired) electrons. The van der Waals surface area contributed by atoms with Crippen LogP contribution in [0.25, 0.3) is 0 Å². The first-order valence-electron chi connectivity index (χ1n) is 7.34. The standard InChI is InChI=1S/C15H22N2OS/c18-15(4-1-12-5-7-16-9-12)17(14-2-3-14)10-13-6-8-19-11-13/h6,8,11-12,14,16H,1-5,7,9-10H2. The minimum Gasteiger partial charge on any atom is -0.335 e. The molecule has 19 heavy (non-hydrogen) atoms. The van der Waals surface area contributed by atoms with Gasteiger partial charge >= 0.3 is 0 Å². The Hall–Kier alpha value is -0.870. The zero-order valence-corrected chi connectivity index (χ0v) is 12.1. The fourth-order valence-electron chi connectivity index (χ4n) is 2.82. The molecule has 1 unspecified atom stereocenters. The van der Waals surface area contributed by atoms with Gasteiger partial charge in [-0.2, -0.15) is 11.3 Å². The molecule has 104 valence electrons. The van der Waals surface area contributed by atoms with Crippen LogP contribution in [-0.4, -0.2) is 29.9 Å². The first-order valence-corrected chi connectivity index (χ1v) is 8.28. The molecule has 0 aromatic carbocycles. The van der Waals surface area contributed by atoms with Gasteiger partial charge in [0, 0.05) is 19.0 Å². The van der Waals surface area contributed by atoms with Crippen LogP contribution in [0, 0.1) is 5.92 Å². The highest BCUT2D eigenvalue weighted by atomic mass is 32.1. The van der Waals surface area contributed by atoms with Crippen LogP contribution < -0.4 is 5.32 Å². The molecule has 3 rings (SSSR count). The van der Waals surface area contributed by atoms with Gasteiger partial charge in [0.15, 0.2) is 0 Å². The van der Waals surface area contributed by atoms with Crippen molar-refractivity contribution in [1.29, 1.82) is 0 Å². The Bertz CT molecular complexity index is 408. The third-order valence-corrected chi connectivity index (χ3v) is 4.90. The molecule has 0 bridgehead atoms. The summed E-state index contributed by atoms with van der Waals surface area (Å²) in [5, 5.41) is 7.62. The van der Waals surface area contributed by atoms with Crippen LogP contribution in [0.15, 0.2) is 16.8 Å². The van der Waals surface area contributed by atoms with Crippen molar-refractivity contribution in [3.63, 3.8) is 0 Å². The van der Waals surface area contributed by atoms with E-state index in [0.717, 1.165) is 32.5 Å². The van der Waals surface area contributed by atoms with E-state index >= 15 is 0 Å². The summed E-state index contributed by atoms with van der Waals surface area (Å²) in [6.07, 6.45) is 5.41. The number of nitrogens with zero attached hydrogens (tertiary/aromatic N) is 1. The summed E-state index contributed by atoms with van der Waals surface area (Å²) in [5.74, 6) is 1.08. The second kappa shape index (κ2) is 6.06. The van der Waals surface area contributed by atoms with Crippen LogP contribution in [0.1, 0.15) is 37.7 Å². The smallest absolute Gasteiger partial charge is 0.223 e. The lowest BCUT2D eigenvalue weighted by Gasteiger charge is -2.22. The summed E-state index contributed by atoms with van der Waals surface area (Å²) in [7, 11) is 0. The van der Waals surface area contributed by atoms with Crippen LogP contribution in [0.4, 0.5) is 0 Å². The average molecular weight is 278 g/mol. The number of nitrogens with one attached hydrogen (secondary N) is 1. The highest BCUT2D eigenvalue weighted by Crippen LogP contribution is 2.30. The Morgan fingerprint density at radius 1 is 1.42 bits per heavy atom. The molecule has 1 saturated carbocycles. The van der Waals surface area contributed by atoms with Crippen molar-refractivity contribution in [3.8, 4) is 0 Å². The van der Waals surface area contributed by atoms with Crippen LogP contribution in [0.5, 0.6) is 0 Å². The molecule has 1 N–H and O–H groups in total. The number of carbonyl (C=O) groups is 1. The second-order valence-corrected chi connectivity index (χ2v) is 6.56. The largest absolute Gasteiger partial charge is 0.335 e. The molecular weight excluding hydrogens is 256 g/mol. The number of rotatable bonds is 6. The zero-order chi connectivity index (χ0) is 13.1. The van der Waals surface area contributed by atoms with E-state index < -0.39 is 0 Å². The van der Waals surface area contributed by atoms with E-state index in [-0.39, 0.29) is 0 Å². The third kappa shape index (κ3) is 3.57. The van der Waals surface area contributed by atoms with Gasteiger partial charge in [-0.3, -0.25) is 4.79 Å². The topological polar surface area (TPSA) is 32.3 Å². The van der Waals surface area contributed by atoms with E-state index in [1.54, 1.807) is 11.3 Å². The summed E-state index contributed by atoms with van der Waals surface area (Å²) in [5.41, 5.74) is 1.28. The minimum atomic E-state index is 0.362. The van der Waals surface area contributed by atoms with Crippen molar-refractivity contribution < 1.29 is 4.79 Å². The van der Waals surface area contributed by atoms with Gasteiger partial charge < -0.3 is 10.2 Å². The van der Waals surface area contributed by atoms with Crippen molar-refractivity contribution in [1.82, 2.24) is 10.2 Å². The molecule has 1 aromatic rings. The highest BCUT2D eigenvalue weighted by molar-refractivity contribution is 7.07. The van der Waals surface area contributed by atoms with Gasteiger partial charge in [0.2, 0.25) is 5.91 Å². The quantitative estimate of drug-likeness (QED) is 0.867. The molecule has 2 aliphatic rings. The Morgan fingerprint density at radius 2 is 2.32 bits per heavy atom. The predicted octanol–water partition coefficient (Wildman–Crippen LogP) is 2.63. The molecule has 2 heterocycles. The number of hydrogen-bond donors (Lipinski definition) is 1. The normalized spacial score (nSPS) is 22.6. The molecule has 1 amide bonds. The summed E-state index contributed by atoms with van der Waals surface area (Å²) < 4.78 is 0. The summed E-state index contributed by atoms with van der Waals surface area (Å²) in [6, 6.07) is 2.66. The van der Waals surface area contributed by atoms with Crippen LogP contribution in [0.3, 0.4) is 0 Å². The molecule has 1 aliphatic carbocycles. The number of hydrogen-bond acceptors (Lipinski definition) is 3. The Morgan fingerprint density at radius 3 is 2.95 bits per heavy atom. The Balaban J connectivity index is 1.52. The SMILES string of the molecule is O=C(CCC1CCNC1)N(Cc1ccsc1)C1CC1. The molecule has 3 nitrogen and oxygen atoms in total. The van der Waals surface area contributed by atoms with Crippen molar-refractivity contribution >= 4 is 17.2 Å². The van der Waals surface area contributed by atoms with Crippen molar-refractivity contribution in [3.05, 3.63) is 22.4 Å². The lowest BCUT2D eigenvalue weighted by molar-refractivity contribution is -0.132. The average Bonchev–Trinajstić information content (AvgIpc) is 2.94. The number of amides is 1. The Kier molecular flexibility index (Phi) is 4.18. The van der Waals surface area contributed by atoms with E-state index in [1.807, 2.05) is 0 Å². The van der Waals surface area contributed by atoms with E-state index in [1.165, 1.54) is 24.8 Å². The fraction of sp³-hybridized carbons (Fsp3) is 0.667. The molecule has 1 saturated heterocycles. The van der Waals surface area contributed by atoms with E-state index in [9.17, 15) is 4.79 Å². The Labute approximate surface area is 119 Å². The predicted molar refractivity (Wildman–Crippen MR) is 78.1 cm³/mol. The molecule has 4 heteroatoms. The lowest BCUT2D eigenvalue weighted by Crippen LogP contribution is -2.32. The van der Waals surface area contributed by atoms with Gasteiger partial charge in [-0.05, 0) is 67.1 Å². The second-order valence-electron chi connectivity index (χ2n) is 5.78. The summed E-state index contributed by atoms with van der Waals surface area (Å²) in [4.78, 5) is 14.5. The van der Waals surface area contributed by atoms with Crippen LogP contribution in [0.2, 0.25) is 0 Å². The van der Waals surface area contributed by atoms with Crippen LogP contribution >= 0.6 is 11.3 Å². The van der Waals surface area contributed by atoms with Crippen LogP contribution in [-0.2, 0) is 11.3 Å². The summed E-state index contributed by atoms with van der Waals surface area (Å²) in [6.45, 7) is 3.04. The monoisotopic (exact) mass is 278 g/mol. The fourth-order valence-corrected chi connectivity index (χ4v) is 3.48. The van der Waals surface area contributed by atoms with Gasteiger partial charge in [-0.15, -0.1) is 0 Å². The molecule has 2 fully saturated rings. The van der Waals surface area contributed by atoms with E-state index in [4.69, 9.17) is 0 Å². The van der Waals surface area contributed by atoms with E-state index in [2.05, 4.69) is 27.0 Å². The van der Waals surface area contributed by atoms with Crippen molar-refractivity contribution in [2.24, 2.45) is 5.92 Å². The zero-order valence-electron chi connectivity index (χ0n) is 11.3. The third-order valence-electron chi connectivity index (χ3n) is 4.17. The first kappa shape index (κ1) is 13.1.